The first-order valence-electron chi connectivity index (χ1n) is 6.33. The maximum atomic E-state index is 11.5. The van der Waals surface area contributed by atoms with Crippen LogP contribution in [0, 0.1) is 0 Å². The van der Waals surface area contributed by atoms with Crippen LogP contribution in [0.25, 0.3) is 0 Å². The summed E-state index contributed by atoms with van der Waals surface area (Å²) < 4.78 is 11.8. The van der Waals surface area contributed by atoms with Crippen molar-refractivity contribution in [1.82, 2.24) is 10.2 Å². The van der Waals surface area contributed by atoms with Crippen LogP contribution in [-0.4, -0.2) is 45.7 Å². The van der Waals surface area contributed by atoms with Crippen molar-refractivity contribution in [2.75, 3.05) is 34.9 Å². The van der Waals surface area contributed by atoms with Gasteiger partial charge in [-0.1, -0.05) is 0 Å². The van der Waals surface area contributed by atoms with Crippen molar-refractivity contribution in [1.29, 1.82) is 0 Å². The van der Waals surface area contributed by atoms with Crippen molar-refractivity contribution < 1.29 is 14.3 Å². The summed E-state index contributed by atoms with van der Waals surface area (Å²) in [5.41, 5.74) is 1.09. The van der Waals surface area contributed by atoms with Gasteiger partial charge in [0.25, 0.3) is 0 Å². The summed E-state index contributed by atoms with van der Waals surface area (Å²) in [5.74, 6) is 1.31. The number of carbonyl (C=O) groups is 1. The maximum Gasteiger partial charge on any atom is 0.225 e. The Hall–Kier alpha value is -1.27. The van der Waals surface area contributed by atoms with Gasteiger partial charge in [0.2, 0.25) is 5.91 Å². The Kier molecular flexibility index (Phi) is 6.81. The number of nitrogens with one attached hydrogen (secondary N) is 1. The number of hydrogen-bond donors (Lipinski definition) is 1. The molecule has 0 spiro atoms. The molecule has 1 aromatic carbocycles. The molecule has 112 valence electrons. The second kappa shape index (κ2) is 8.11. The van der Waals surface area contributed by atoms with Crippen LogP contribution in [0.3, 0.4) is 0 Å². The van der Waals surface area contributed by atoms with Gasteiger partial charge in [0, 0.05) is 20.6 Å². The van der Waals surface area contributed by atoms with E-state index in [-0.39, 0.29) is 5.91 Å². The molecule has 0 bridgehead atoms. The Balaban J connectivity index is 2.76. The molecule has 0 fully saturated rings. The summed E-state index contributed by atoms with van der Waals surface area (Å²) in [7, 11) is 6.94. The van der Waals surface area contributed by atoms with Crippen molar-refractivity contribution in [2.45, 2.75) is 13.0 Å². The Labute approximate surface area is 128 Å². The Morgan fingerprint density at radius 1 is 1.40 bits per heavy atom. The first kappa shape index (κ1) is 16.8. The molecule has 1 amide bonds. The lowest BCUT2D eigenvalue weighted by Crippen LogP contribution is -2.23. The van der Waals surface area contributed by atoms with E-state index in [1.165, 1.54) is 0 Å². The summed E-state index contributed by atoms with van der Waals surface area (Å²) >= 11 is 3.48. The highest BCUT2D eigenvalue weighted by atomic mass is 79.9. The van der Waals surface area contributed by atoms with Gasteiger partial charge in [-0.3, -0.25) is 4.79 Å². The molecular weight excluding hydrogens is 324 g/mol. The third-order valence-corrected chi connectivity index (χ3v) is 3.32. The zero-order valence-corrected chi connectivity index (χ0v) is 13.9. The zero-order valence-electron chi connectivity index (χ0n) is 12.3. The zero-order chi connectivity index (χ0) is 15.1. The summed E-state index contributed by atoms with van der Waals surface area (Å²) in [5, 5.41) is 3.09. The third-order valence-electron chi connectivity index (χ3n) is 2.73. The molecule has 20 heavy (non-hydrogen) atoms. The summed E-state index contributed by atoms with van der Waals surface area (Å²) in [6.07, 6.45) is 0.334. The largest absolute Gasteiger partial charge is 0.493 e. The fourth-order valence-electron chi connectivity index (χ4n) is 1.68. The summed E-state index contributed by atoms with van der Waals surface area (Å²) in [4.78, 5) is 13.1. The number of rotatable bonds is 7. The van der Waals surface area contributed by atoms with Gasteiger partial charge in [0.15, 0.2) is 11.5 Å². The first-order valence-corrected chi connectivity index (χ1v) is 7.12. The van der Waals surface area contributed by atoms with Gasteiger partial charge in [-0.05, 0) is 40.7 Å². The van der Waals surface area contributed by atoms with E-state index >= 15 is 0 Å². The van der Waals surface area contributed by atoms with Crippen LogP contribution in [0.4, 0.5) is 0 Å². The molecule has 0 radical (unpaired) electrons. The SMILES string of the molecule is CNCc1cc(Br)c(OCCC(=O)N(C)C)c(OC)c1. The van der Waals surface area contributed by atoms with Crippen molar-refractivity contribution in [3.8, 4) is 11.5 Å². The predicted molar refractivity (Wildman–Crippen MR) is 82.3 cm³/mol. The maximum absolute atomic E-state index is 11.5. The molecule has 0 heterocycles. The van der Waals surface area contributed by atoms with Crippen LogP contribution < -0.4 is 14.8 Å². The van der Waals surface area contributed by atoms with Crippen LogP contribution in [0.1, 0.15) is 12.0 Å². The van der Waals surface area contributed by atoms with Gasteiger partial charge in [-0.25, -0.2) is 0 Å². The molecule has 0 saturated carbocycles. The fourth-order valence-corrected chi connectivity index (χ4v) is 2.29. The molecule has 0 aliphatic carbocycles. The number of amides is 1. The van der Waals surface area contributed by atoms with E-state index in [1.54, 1.807) is 26.1 Å². The van der Waals surface area contributed by atoms with Gasteiger partial charge in [0.1, 0.15) is 0 Å². The second-order valence-electron chi connectivity index (χ2n) is 4.53. The van der Waals surface area contributed by atoms with E-state index in [1.807, 2.05) is 19.2 Å². The summed E-state index contributed by atoms with van der Waals surface area (Å²) in [6, 6.07) is 3.90. The second-order valence-corrected chi connectivity index (χ2v) is 5.38. The normalized spacial score (nSPS) is 10.2. The molecule has 6 heteroatoms. The molecule has 5 nitrogen and oxygen atoms in total. The van der Waals surface area contributed by atoms with Gasteiger partial charge in [-0.2, -0.15) is 0 Å². The van der Waals surface area contributed by atoms with Gasteiger partial charge in [-0.15, -0.1) is 0 Å². The average molecular weight is 345 g/mol. The Morgan fingerprint density at radius 2 is 2.10 bits per heavy atom. The van der Waals surface area contributed by atoms with Crippen LogP contribution in [0.15, 0.2) is 16.6 Å². The van der Waals surface area contributed by atoms with E-state index in [4.69, 9.17) is 9.47 Å². The Bertz CT molecular complexity index is 464. The van der Waals surface area contributed by atoms with Crippen molar-refractivity contribution in [3.05, 3.63) is 22.2 Å². The molecule has 1 aromatic rings. The van der Waals surface area contributed by atoms with Gasteiger partial charge in [0.05, 0.1) is 24.6 Å². The molecular formula is C14H21BrN2O3. The molecule has 0 saturated heterocycles. The smallest absolute Gasteiger partial charge is 0.225 e. The highest BCUT2D eigenvalue weighted by Crippen LogP contribution is 2.36. The topological polar surface area (TPSA) is 50.8 Å². The number of nitrogens with zero attached hydrogens (tertiary/aromatic N) is 1. The quantitative estimate of drug-likeness (QED) is 0.822. The number of methoxy groups -OCH3 is 1. The molecule has 0 aliphatic heterocycles. The fraction of sp³-hybridized carbons (Fsp3) is 0.500. The van der Waals surface area contributed by atoms with Crippen LogP contribution in [0.5, 0.6) is 11.5 Å². The summed E-state index contributed by atoms with van der Waals surface area (Å²) in [6.45, 7) is 1.06. The van der Waals surface area contributed by atoms with E-state index in [2.05, 4.69) is 21.2 Å². The number of carbonyl (C=O) groups excluding carboxylic acids is 1. The van der Waals surface area contributed by atoms with E-state index < -0.39 is 0 Å². The number of benzene rings is 1. The van der Waals surface area contributed by atoms with E-state index in [0.717, 1.165) is 16.6 Å². The molecule has 0 aromatic heterocycles. The van der Waals surface area contributed by atoms with Crippen LogP contribution in [0.2, 0.25) is 0 Å². The Morgan fingerprint density at radius 3 is 2.65 bits per heavy atom. The molecule has 1 N–H and O–H groups in total. The lowest BCUT2D eigenvalue weighted by molar-refractivity contribution is -0.129. The van der Waals surface area contributed by atoms with E-state index in [0.29, 0.717) is 24.5 Å². The number of halogens is 1. The highest BCUT2D eigenvalue weighted by Gasteiger charge is 2.12. The lowest BCUT2D eigenvalue weighted by Gasteiger charge is -2.15. The lowest BCUT2D eigenvalue weighted by atomic mass is 10.2. The van der Waals surface area contributed by atoms with Gasteiger partial charge < -0.3 is 19.7 Å². The van der Waals surface area contributed by atoms with Crippen LogP contribution in [-0.2, 0) is 11.3 Å². The van der Waals surface area contributed by atoms with E-state index in [9.17, 15) is 4.79 Å². The standard InChI is InChI=1S/C14H21BrN2O3/c1-16-9-10-7-11(15)14(12(8-10)19-4)20-6-5-13(18)17(2)3/h7-8,16H,5-6,9H2,1-4H3. The molecule has 0 aliphatic rings. The third kappa shape index (κ3) is 4.68. The molecule has 1 rings (SSSR count). The minimum atomic E-state index is 0.0342. The highest BCUT2D eigenvalue weighted by molar-refractivity contribution is 9.10. The monoisotopic (exact) mass is 344 g/mol. The van der Waals surface area contributed by atoms with Crippen molar-refractivity contribution in [2.24, 2.45) is 0 Å². The van der Waals surface area contributed by atoms with Crippen molar-refractivity contribution in [3.63, 3.8) is 0 Å². The predicted octanol–water partition coefficient (Wildman–Crippen LogP) is 2.03. The minimum absolute atomic E-state index is 0.0342. The number of hydrogen-bond acceptors (Lipinski definition) is 4. The minimum Gasteiger partial charge on any atom is -0.493 e. The first-order chi connectivity index (χ1) is 9.49. The van der Waals surface area contributed by atoms with Crippen molar-refractivity contribution >= 4 is 21.8 Å². The van der Waals surface area contributed by atoms with Crippen LogP contribution >= 0.6 is 15.9 Å². The molecule has 0 unspecified atom stereocenters. The molecule has 0 atom stereocenters. The average Bonchev–Trinajstić information content (AvgIpc) is 2.40. The number of ether oxygens (including phenoxy) is 2. The van der Waals surface area contributed by atoms with Gasteiger partial charge >= 0.3 is 0 Å².